The Bertz CT molecular complexity index is 326. The molecule has 1 rings (SSSR count). The van der Waals surface area contributed by atoms with Crippen molar-refractivity contribution in [1.82, 2.24) is 5.32 Å². The molecular formula is C14H21NO2. The molecule has 0 aliphatic carbocycles. The Labute approximate surface area is 103 Å². The van der Waals surface area contributed by atoms with Gasteiger partial charge in [-0.15, -0.1) is 6.58 Å². The van der Waals surface area contributed by atoms with Crippen molar-refractivity contribution in [3.63, 3.8) is 0 Å². The van der Waals surface area contributed by atoms with Crippen LogP contribution in [0.1, 0.15) is 13.3 Å². The van der Waals surface area contributed by atoms with Gasteiger partial charge in [0, 0.05) is 12.6 Å². The molecule has 0 spiro atoms. The summed E-state index contributed by atoms with van der Waals surface area (Å²) in [5, 5.41) is 3.23. The minimum absolute atomic E-state index is 0.676. The predicted molar refractivity (Wildman–Crippen MR) is 70.8 cm³/mol. The highest BCUT2D eigenvalue weighted by Gasteiger charge is 1.96. The quantitative estimate of drug-likeness (QED) is 0.527. The molecule has 0 aliphatic heterocycles. The van der Waals surface area contributed by atoms with Crippen LogP contribution in [0.2, 0.25) is 0 Å². The highest BCUT2D eigenvalue weighted by molar-refractivity contribution is 5.32. The van der Waals surface area contributed by atoms with Crippen molar-refractivity contribution in [3.8, 4) is 11.5 Å². The summed E-state index contributed by atoms with van der Waals surface area (Å²) in [5.74, 6) is 1.72. The van der Waals surface area contributed by atoms with Gasteiger partial charge in [-0.25, -0.2) is 0 Å². The molecule has 0 atom stereocenters. The summed E-state index contributed by atoms with van der Waals surface area (Å²) in [7, 11) is 0. The molecule has 3 heteroatoms. The molecule has 0 radical (unpaired) electrons. The van der Waals surface area contributed by atoms with Gasteiger partial charge in [-0.05, 0) is 32.0 Å². The van der Waals surface area contributed by atoms with E-state index >= 15 is 0 Å². The number of hydrogen-bond acceptors (Lipinski definition) is 3. The molecule has 0 saturated carbocycles. The zero-order valence-corrected chi connectivity index (χ0v) is 10.4. The fourth-order valence-corrected chi connectivity index (χ4v) is 1.41. The SMILES string of the molecule is C=CCNCCCOc1cccc(OCC)c1. The van der Waals surface area contributed by atoms with Gasteiger partial charge >= 0.3 is 0 Å². The van der Waals surface area contributed by atoms with E-state index in [-0.39, 0.29) is 0 Å². The summed E-state index contributed by atoms with van der Waals surface area (Å²) >= 11 is 0. The smallest absolute Gasteiger partial charge is 0.122 e. The van der Waals surface area contributed by atoms with Crippen LogP contribution in [0.15, 0.2) is 36.9 Å². The first-order valence-electron chi connectivity index (χ1n) is 6.04. The second-order valence-corrected chi connectivity index (χ2v) is 3.60. The Balaban J connectivity index is 2.21. The van der Waals surface area contributed by atoms with Crippen molar-refractivity contribution >= 4 is 0 Å². The van der Waals surface area contributed by atoms with Gasteiger partial charge in [-0.2, -0.15) is 0 Å². The zero-order valence-electron chi connectivity index (χ0n) is 10.4. The topological polar surface area (TPSA) is 30.5 Å². The van der Waals surface area contributed by atoms with Gasteiger partial charge in [0.2, 0.25) is 0 Å². The molecular weight excluding hydrogens is 214 g/mol. The molecule has 1 N–H and O–H groups in total. The Morgan fingerprint density at radius 3 is 2.76 bits per heavy atom. The van der Waals surface area contributed by atoms with Crippen LogP contribution in [-0.2, 0) is 0 Å². The monoisotopic (exact) mass is 235 g/mol. The summed E-state index contributed by atoms with van der Waals surface area (Å²) in [6.07, 6.45) is 2.83. The predicted octanol–water partition coefficient (Wildman–Crippen LogP) is 2.63. The van der Waals surface area contributed by atoms with E-state index in [2.05, 4.69) is 11.9 Å². The average molecular weight is 235 g/mol. The minimum Gasteiger partial charge on any atom is -0.494 e. The van der Waals surface area contributed by atoms with Crippen molar-refractivity contribution in [1.29, 1.82) is 0 Å². The summed E-state index contributed by atoms with van der Waals surface area (Å²) in [6.45, 7) is 8.79. The van der Waals surface area contributed by atoms with E-state index in [1.165, 1.54) is 0 Å². The molecule has 0 aromatic heterocycles. The summed E-state index contributed by atoms with van der Waals surface area (Å²) in [4.78, 5) is 0. The lowest BCUT2D eigenvalue weighted by Crippen LogP contribution is -2.17. The van der Waals surface area contributed by atoms with Crippen LogP contribution in [0.3, 0.4) is 0 Å². The fourth-order valence-electron chi connectivity index (χ4n) is 1.41. The lowest BCUT2D eigenvalue weighted by Gasteiger charge is -2.08. The maximum absolute atomic E-state index is 5.63. The van der Waals surface area contributed by atoms with Crippen molar-refractivity contribution in [2.75, 3.05) is 26.3 Å². The van der Waals surface area contributed by atoms with E-state index in [4.69, 9.17) is 9.47 Å². The number of hydrogen-bond donors (Lipinski definition) is 1. The first-order valence-corrected chi connectivity index (χ1v) is 6.04. The number of ether oxygens (including phenoxy) is 2. The highest BCUT2D eigenvalue weighted by atomic mass is 16.5. The summed E-state index contributed by atoms with van der Waals surface area (Å²) in [5.41, 5.74) is 0. The van der Waals surface area contributed by atoms with Gasteiger partial charge in [0.1, 0.15) is 11.5 Å². The maximum Gasteiger partial charge on any atom is 0.122 e. The fraction of sp³-hybridized carbons (Fsp3) is 0.429. The molecule has 0 bridgehead atoms. The largest absolute Gasteiger partial charge is 0.494 e. The first-order chi connectivity index (χ1) is 8.36. The maximum atomic E-state index is 5.63. The minimum atomic E-state index is 0.676. The van der Waals surface area contributed by atoms with Gasteiger partial charge in [0.15, 0.2) is 0 Å². The molecule has 0 heterocycles. The highest BCUT2D eigenvalue weighted by Crippen LogP contribution is 2.19. The Morgan fingerprint density at radius 1 is 1.29 bits per heavy atom. The van der Waals surface area contributed by atoms with Crippen LogP contribution in [0.4, 0.5) is 0 Å². The van der Waals surface area contributed by atoms with E-state index in [9.17, 15) is 0 Å². The molecule has 0 amide bonds. The zero-order chi connectivity index (χ0) is 12.3. The average Bonchev–Trinajstić information content (AvgIpc) is 2.35. The second-order valence-electron chi connectivity index (χ2n) is 3.60. The van der Waals surface area contributed by atoms with Crippen LogP contribution in [0.25, 0.3) is 0 Å². The van der Waals surface area contributed by atoms with Gasteiger partial charge in [-0.1, -0.05) is 12.1 Å². The van der Waals surface area contributed by atoms with Crippen LogP contribution in [0.5, 0.6) is 11.5 Å². The standard InChI is InChI=1S/C14H21NO2/c1-3-9-15-10-6-11-17-14-8-5-7-13(12-14)16-4-2/h3,5,7-8,12,15H,1,4,6,9-11H2,2H3. The normalized spacial score (nSPS) is 9.94. The third-order valence-electron chi connectivity index (χ3n) is 2.17. The number of rotatable bonds is 9. The van der Waals surface area contributed by atoms with Crippen molar-refractivity contribution < 1.29 is 9.47 Å². The molecule has 0 saturated heterocycles. The Kier molecular flexibility index (Phi) is 6.91. The van der Waals surface area contributed by atoms with Gasteiger partial charge in [0.25, 0.3) is 0 Å². The van der Waals surface area contributed by atoms with E-state index in [1.54, 1.807) is 0 Å². The molecule has 17 heavy (non-hydrogen) atoms. The van der Waals surface area contributed by atoms with Crippen LogP contribution < -0.4 is 14.8 Å². The molecule has 1 aromatic carbocycles. The molecule has 0 unspecified atom stereocenters. The first kappa shape index (κ1) is 13.6. The molecule has 0 fully saturated rings. The van der Waals surface area contributed by atoms with E-state index in [1.807, 2.05) is 37.3 Å². The van der Waals surface area contributed by atoms with Gasteiger partial charge in [0.05, 0.1) is 13.2 Å². The van der Waals surface area contributed by atoms with Crippen LogP contribution in [-0.4, -0.2) is 26.3 Å². The lowest BCUT2D eigenvalue weighted by molar-refractivity contribution is 0.302. The van der Waals surface area contributed by atoms with Crippen LogP contribution in [0, 0.1) is 0 Å². The van der Waals surface area contributed by atoms with Crippen molar-refractivity contribution in [2.24, 2.45) is 0 Å². The summed E-state index contributed by atoms with van der Waals surface area (Å²) in [6, 6.07) is 7.73. The molecule has 94 valence electrons. The number of benzene rings is 1. The van der Waals surface area contributed by atoms with Crippen molar-refractivity contribution in [3.05, 3.63) is 36.9 Å². The Hall–Kier alpha value is -1.48. The van der Waals surface area contributed by atoms with E-state index in [0.29, 0.717) is 13.2 Å². The molecule has 0 aliphatic rings. The van der Waals surface area contributed by atoms with Crippen molar-refractivity contribution in [2.45, 2.75) is 13.3 Å². The third-order valence-corrected chi connectivity index (χ3v) is 2.17. The van der Waals surface area contributed by atoms with E-state index < -0.39 is 0 Å². The van der Waals surface area contributed by atoms with Gasteiger partial charge < -0.3 is 14.8 Å². The van der Waals surface area contributed by atoms with E-state index in [0.717, 1.165) is 31.0 Å². The van der Waals surface area contributed by atoms with Gasteiger partial charge in [-0.3, -0.25) is 0 Å². The Morgan fingerprint density at radius 2 is 2.06 bits per heavy atom. The lowest BCUT2D eigenvalue weighted by atomic mass is 10.3. The van der Waals surface area contributed by atoms with Crippen LogP contribution >= 0.6 is 0 Å². The molecule has 1 aromatic rings. The number of nitrogens with one attached hydrogen (secondary N) is 1. The molecule has 3 nitrogen and oxygen atoms in total. The second kappa shape index (κ2) is 8.65. The third kappa shape index (κ3) is 5.97. The summed E-state index contributed by atoms with van der Waals surface area (Å²) < 4.78 is 11.0.